The molecule has 0 radical (unpaired) electrons. The third-order valence-electron chi connectivity index (χ3n) is 6.40. The molecule has 2 atom stereocenters. The largest absolute Gasteiger partial charge is 0.342 e. The summed E-state index contributed by atoms with van der Waals surface area (Å²) in [6.45, 7) is 8.99. The Hall–Kier alpha value is -1.95. The van der Waals surface area contributed by atoms with Crippen LogP contribution >= 0.6 is 0 Å². The number of carbonyl (C=O) groups is 2. The van der Waals surface area contributed by atoms with Crippen LogP contribution in [0.2, 0.25) is 0 Å². The number of likely N-dealkylation sites (tertiary alicyclic amines) is 3. The van der Waals surface area contributed by atoms with Crippen LogP contribution in [-0.4, -0.2) is 76.8 Å². The molecule has 3 aliphatic rings. The van der Waals surface area contributed by atoms with Gasteiger partial charge < -0.3 is 9.80 Å². The molecule has 0 spiro atoms. The van der Waals surface area contributed by atoms with Gasteiger partial charge >= 0.3 is 0 Å². The molecule has 140 valence electrons. The second kappa shape index (κ2) is 6.65. The van der Waals surface area contributed by atoms with Gasteiger partial charge in [0, 0.05) is 69.2 Å². The standard InChI is InChI=1S/C20H28N4O2/c1-15(2)23-11-17-12-24(18(25)16-5-7-21-8-6-16)14-20(17,13-23)19(26)22-9-3-4-10-22/h5-8,15,17H,3-4,9-14H2,1-2H3. The summed E-state index contributed by atoms with van der Waals surface area (Å²) in [6.07, 6.45) is 5.49. The number of aromatic nitrogens is 1. The van der Waals surface area contributed by atoms with Gasteiger partial charge in [-0.25, -0.2) is 0 Å². The van der Waals surface area contributed by atoms with Crippen molar-refractivity contribution in [3.8, 4) is 0 Å². The van der Waals surface area contributed by atoms with E-state index in [0.29, 0.717) is 24.7 Å². The number of rotatable bonds is 3. The highest BCUT2D eigenvalue weighted by Gasteiger charge is 2.59. The molecule has 2 unspecified atom stereocenters. The Bertz CT molecular complexity index is 686. The normalized spacial score (nSPS) is 28.8. The highest BCUT2D eigenvalue weighted by atomic mass is 16.2. The highest BCUT2D eigenvalue weighted by Crippen LogP contribution is 2.45. The lowest BCUT2D eigenvalue weighted by molar-refractivity contribution is -0.141. The topological polar surface area (TPSA) is 56.8 Å². The van der Waals surface area contributed by atoms with Gasteiger partial charge in [-0.3, -0.25) is 19.5 Å². The second-order valence-corrected chi connectivity index (χ2v) is 8.30. The minimum absolute atomic E-state index is 0.0199. The predicted octanol–water partition coefficient (Wildman–Crippen LogP) is 1.49. The minimum atomic E-state index is -0.433. The highest BCUT2D eigenvalue weighted by molar-refractivity contribution is 5.95. The number of amides is 2. The van der Waals surface area contributed by atoms with Gasteiger partial charge in [-0.15, -0.1) is 0 Å². The molecule has 0 N–H and O–H groups in total. The average molecular weight is 356 g/mol. The summed E-state index contributed by atoms with van der Waals surface area (Å²) in [6, 6.07) is 3.94. The van der Waals surface area contributed by atoms with E-state index in [1.54, 1.807) is 24.5 Å². The Morgan fingerprint density at radius 1 is 1.08 bits per heavy atom. The van der Waals surface area contributed by atoms with Crippen molar-refractivity contribution < 1.29 is 9.59 Å². The van der Waals surface area contributed by atoms with E-state index in [1.807, 2.05) is 9.80 Å². The van der Waals surface area contributed by atoms with Crippen LogP contribution in [0.25, 0.3) is 0 Å². The lowest BCUT2D eigenvalue weighted by atomic mass is 9.79. The van der Waals surface area contributed by atoms with Crippen molar-refractivity contribution >= 4 is 11.8 Å². The SMILES string of the molecule is CC(C)N1CC2CN(C(=O)c3ccncc3)CC2(C(=O)N2CCCC2)C1. The smallest absolute Gasteiger partial charge is 0.254 e. The first kappa shape index (κ1) is 17.5. The van der Waals surface area contributed by atoms with Gasteiger partial charge in [0.2, 0.25) is 5.91 Å². The summed E-state index contributed by atoms with van der Waals surface area (Å²) >= 11 is 0. The molecule has 3 fully saturated rings. The minimum Gasteiger partial charge on any atom is -0.342 e. The zero-order chi connectivity index (χ0) is 18.3. The molecular weight excluding hydrogens is 328 g/mol. The Balaban J connectivity index is 1.59. The van der Waals surface area contributed by atoms with Crippen molar-refractivity contribution in [3.63, 3.8) is 0 Å². The molecule has 4 rings (SSSR count). The monoisotopic (exact) mass is 356 g/mol. The zero-order valence-corrected chi connectivity index (χ0v) is 15.7. The average Bonchev–Trinajstić information content (AvgIpc) is 3.35. The third kappa shape index (κ3) is 2.80. The van der Waals surface area contributed by atoms with E-state index in [-0.39, 0.29) is 17.7 Å². The summed E-state index contributed by atoms with van der Waals surface area (Å²) in [5.41, 5.74) is 0.224. The summed E-state index contributed by atoms with van der Waals surface area (Å²) < 4.78 is 0. The fraction of sp³-hybridized carbons (Fsp3) is 0.650. The molecule has 6 nitrogen and oxygen atoms in total. The number of nitrogens with zero attached hydrogens (tertiary/aromatic N) is 4. The Kier molecular flexibility index (Phi) is 4.47. The lowest BCUT2D eigenvalue weighted by Crippen LogP contribution is -2.49. The maximum Gasteiger partial charge on any atom is 0.254 e. The van der Waals surface area contributed by atoms with E-state index in [4.69, 9.17) is 0 Å². The first-order valence-electron chi connectivity index (χ1n) is 9.74. The van der Waals surface area contributed by atoms with Crippen molar-refractivity contribution in [2.75, 3.05) is 39.3 Å². The van der Waals surface area contributed by atoms with Crippen LogP contribution in [0.15, 0.2) is 24.5 Å². The molecule has 1 aromatic heterocycles. The van der Waals surface area contributed by atoms with Crippen LogP contribution in [0, 0.1) is 11.3 Å². The van der Waals surface area contributed by atoms with Crippen LogP contribution in [0.3, 0.4) is 0 Å². The number of fused-ring (bicyclic) bond motifs is 1. The van der Waals surface area contributed by atoms with Crippen molar-refractivity contribution in [3.05, 3.63) is 30.1 Å². The fourth-order valence-electron chi connectivity index (χ4n) is 4.87. The Morgan fingerprint density at radius 3 is 2.42 bits per heavy atom. The molecule has 0 aromatic carbocycles. The lowest BCUT2D eigenvalue weighted by Gasteiger charge is -2.33. The van der Waals surface area contributed by atoms with E-state index in [2.05, 4.69) is 23.7 Å². The molecular formula is C20H28N4O2. The predicted molar refractivity (Wildman–Crippen MR) is 98.6 cm³/mol. The molecule has 4 heterocycles. The van der Waals surface area contributed by atoms with Gasteiger partial charge in [-0.1, -0.05) is 0 Å². The van der Waals surface area contributed by atoms with E-state index in [0.717, 1.165) is 39.0 Å². The van der Waals surface area contributed by atoms with Gasteiger partial charge in [-0.05, 0) is 38.8 Å². The molecule has 0 bridgehead atoms. The van der Waals surface area contributed by atoms with Gasteiger partial charge in [-0.2, -0.15) is 0 Å². The molecule has 6 heteroatoms. The number of hydrogen-bond acceptors (Lipinski definition) is 4. The van der Waals surface area contributed by atoms with Crippen LogP contribution in [0.5, 0.6) is 0 Å². The van der Waals surface area contributed by atoms with Gasteiger partial charge in [0.1, 0.15) is 0 Å². The van der Waals surface area contributed by atoms with Crippen molar-refractivity contribution in [1.29, 1.82) is 0 Å². The summed E-state index contributed by atoms with van der Waals surface area (Å²) in [4.78, 5) is 36.8. The maximum absolute atomic E-state index is 13.5. The maximum atomic E-state index is 13.5. The molecule has 0 aliphatic carbocycles. The van der Waals surface area contributed by atoms with Gasteiger partial charge in [0.25, 0.3) is 5.91 Å². The summed E-state index contributed by atoms with van der Waals surface area (Å²) in [5, 5.41) is 0. The number of hydrogen-bond donors (Lipinski definition) is 0. The van der Waals surface area contributed by atoms with E-state index in [9.17, 15) is 9.59 Å². The second-order valence-electron chi connectivity index (χ2n) is 8.30. The van der Waals surface area contributed by atoms with Crippen LogP contribution < -0.4 is 0 Å². The van der Waals surface area contributed by atoms with E-state index < -0.39 is 5.41 Å². The number of pyridine rings is 1. The van der Waals surface area contributed by atoms with Crippen LogP contribution in [0.1, 0.15) is 37.0 Å². The molecule has 3 aliphatic heterocycles. The summed E-state index contributed by atoms with van der Waals surface area (Å²) in [5.74, 6) is 0.517. The molecule has 0 saturated carbocycles. The molecule has 3 saturated heterocycles. The number of carbonyl (C=O) groups excluding carboxylic acids is 2. The quantitative estimate of drug-likeness (QED) is 0.823. The van der Waals surface area contributed by atoms with E-state index in [1.165, 1.54) is 0 Å². The van der Waals surface area contributed by atoms with Crippen molar-refractivity contribution in [1.82, 2.24) is 19.7 Å². The van der Waals surface area contributed by atoms with E-state index >= 15 is 0 Å². The van der Waals surface area contributed by atoms with Crippen LogP contribution in [-0.2, 0) is 4.79 Å². The van der Waals surface area contributed by atoms with Gasteiger partial charge in [0.15, 0.2) is 0 Å². The van der Waals surface area contributed by atoms with Crippen molar-refractivity contribution in [2.45, 2.75) is 32.7 Å². The van der Waals surface area contributed by atoms with Crippen molar-refractivity contribution in [2.24, 2.45) is 11.3 Å². The molecule has 1 aromatic rings. The van der Waals surface area contributed by atoms with Crippen LogP contribution in [0.4, 0.5) is 0 Å². The zero-order valence-electron chi connectivity index (χ0n) is 15.7. The molecule has 2 amide bonds. The Labute approximate surface area is 155 Å². The fourth-order valence-corrected chi connectivity index (χ4v) is 4.87. The Morgan fingerprint density at radius 2 is 1.77 bits per heavy atom. The van der Waals surface area contributed by atoms with Gasteiger partial charge in [0.05, 0.1) is 5.41 Å². The first-order chi connectivity index (χ1) is 12.5. The molecule has 26 heavy (non-hydrogen) atoms. The first-order valence-corrected chi connectivity index (χ1v) is 9.74. The third-order valence-corrected chi connectivity index (χ3v) is 6.40. The summed E-state index contributed by atoms with van der Waals surface area (Å²) in [7, 11) is 0.